The standard InChI is InChI=1S/C20H25F3N2O5S/c1-3-5-9-25(24)16-10-13(19(26)27)11-17(31(28,29)4-2)18(16)30-15-8-6-7-14(12-15)20(21,22)23/h6-8,10,12,17H,3-5,9,11,24H2,1-2H3,(H,26,27). The second-order valence-corrected chi connectivity index (χ2v) is 9.52. The molecule has 1 aliphatic carbocycles. The normalized spacial score (nSPS) is 17.4. The molecule has 0 aromatic heterocycles. The Morgan fingerprint density at radius 1 is 1.32 bits per heavy atom. The van der Waals surface area contributed by atoms with E-state index in [2.05, 4.69) is 0 Å². The molecule has 1 aromatic rings. The number of hydrazine groups is 1. The van der Waals surface area contributed by atoms with E-state index < -0.39 is 32.8 Å². The molecule has 0 saturated carbocycles. The van der Waals surface area contributed by atoms with Crippen molar-refractivity contribution in [3.05, 3.63) is 52.9 Å². The number of carboxylic acid groups (broad SMARTS) is 1. The first kappa shape index (κ1) is 24.7. The van der Waals surface area contributed by atoms with Gasteiger partial charge in [-0.25, -0.2) is 19.1 Å². The molecular formula is C20H25F3N2O5S. The molecule has 0 spiro atoms. The van der Waals surface area contributed by atoms with Crippen LogP contribution in [0, 0.1) is 0 Å². The fourth-order valence-corrected chi connectivity index (χ4v) is 4.38. The number of ether oxygens (including phenoxy) is 1. The summed E-state index contributed by atoms with van der Waals surface area (Å²) in [7, 11) is -3.87. The number of benzene rings is 1. The van der Waals surface area contributed by atoms with Crippen LogP contribution < -0.4 is 10.6 Å². The number of halogens is 3. The summed E-state index contributed by atoms with van der Waals surface area (Å²) in [6, 6.07) is 4.02. The molecule has 0 amide bonds. The van der Waals surface area contributed by atoms with E-state index >= 15 is 0 Å². The number of allylic oxidation sites excluding steroid dienone is 1. The van der Waals surface area contributed by atoms with E-state index in [4.69, 9.17) is 10.6 Å². The lowest BCUT2D eigenvalue weighted by molar-refractivity contribution is -0.137. The third kappa shape index (κ3) is 6.01. The van der Waals surface area contributed by atoms with Gasteiger partial charge in [-0.15, -0.1) is 0 Å². The van der Waals surface area contributed by atoms with Crippen molar-refractivity contribution in [2.24, 2.45) is 5.84 Å². The summed E-state index contributed by atoms with van der Waals surface area (Å²) in [6.45, 7) is 3.57. The van der Waals surface area contributed by atoms with Crippen LogP contribution in [0.2, 0.25) is 0 Å². The minimum Gasteiger partial charge on any atom is -0.478 e. The van der Waals surface area contributed by atoms with Crippen molar-refractivity contribution in [2.45, 2.75) is 44.5 Å². The highest BCUT2D eigenvalue weighted by Gasteiger charge is 2.38. The molecule has 1 atom stereocenters. The minimum atomic E-state index is -4.62. The first-order chi connectivity index (χ1) is 14.4. The average molecular weight is 462 g/mol. The number of carbonyl (C=O) groups is 1. The van der Waals surface area contributed by atoms with Crippen molar-refractivity contribution in [3.63, 3.8) is 0 Å². The molecule has 0 bridgehead atoms. The van der Waals surface area contributed by atoms with E-state index in [0.717, 1.165) is 24.6 Å². The third-order valence-electron chi connectivity index (χ3n) is 4.82. The van der Waals surface area contributed by atoms with Crippen LogP contribution in [0.5, 0.6) is 5.75 Å². The van der Waals surface area contributed by atoms with E-state index in [1.165, 1.54) is 24.1 Å². The zero-order chi connectivity index (χ0) is 23.4. The zero-order valence-corrected chi connectivity index (χ0v) is 18.0. The SMILES string of the molecule is CCCCN(N)C1=C(Oc2cccc(C(F)(F)F)c2)C(S(=O)(=O)CC)CC(C(=O)O)=C1. The van der Waals surface area contributed by atoms with E-state index in [9.17, 15) is 31.5 Å². The van der Waals surface area contributed by atoms with Crippen LogP contribution in [0.1, 0.15) is 38.7 Å². The van der Waals surface area contributed by atoms with Crippen LogP contribution in [-0.2, 0) is 20.8 Å². The maximum atomic E-state index is 13.1. The summed E-state index contributed by atoms with van der Waals surface area (Å²) >= 11 is 0. The Morgan fingerprint density at radius 2 is 2.00 bits per heavy atom. The number of alkyl halides is 3. The maximum absolute atomic E-state index is 13.1. The summed E-state index contributed by atoms with van der Waals surface area (Å²) < 4.78 is 70.4. The van der Waals surface area contributed by atoms with E-state index in [1.54, 1.807) is 0 Å². The summed E-state index contributed by atoms with van der Waals surface area (Å²) in [6.07, 6.45) is -2.40. The largest absolute Gasteiger partial charge is 0.478 e. The monoisotopic (exact) mass is 462 g/mol. The molecule has 1 aromatic carbocycles. The molecule has 3 N–H and O–H groups in total. The van der Waals surface area contributed by atoms with Gasteiger partial charge in [0, 0.05) is 24.3 Å². The number of rotatable bonds is 9. The molecule has 1 aliphatic rings. The number of nitrogens with zero attached hydrogens (tertiary/aromatic N) is 1. The second kappa shape index (κ2) is 9.73. The van der Waals surface area contributed by atoms with Crippen molar-refractivity contribution in [3.8, 4) is 5.75 Å². The molecule has 1 unspecified atom stereocenters. The first-order valence-electron chi connectivity index (χ1n) is 9.67. The van der Waals surface area contributed by atoms with Gasteiger partial charge in [-0.2, -0.15) is 13.2 Å². The zero-order valence-electron chi connectivity index (χ0n) is 17.1. The number of nitrogens with two attached hydrogens (primary N) is 1. The van der Waals surface area contributed by atoms with Gasteiger partial charge in [0.05, 0.1) is 11.3 Å². The number of unbranched alkanes of at least 4 members (excludes halogenated alkanes) is 1. The van der Waals surface area contributed by atoms with Crippen molar-refractivity contribution in [1.29, 1.82) is 0 Å². The van der Waals surface area contributed by atoms with Crippen LogP contribution >= 0.6 is 0 Å². The van der Waals surface area contributed by atoms with Crippen LogP contribution in [0.3, 0.4) is 0 Å². The van der Waals surface area contributed by atoms with Crippen LogP contribution in [0.25, 0.3) is 0 Å². The number of aliphatic carboxylic acids is 1. The molecule has 172 valence electrons. The van der Waals surface area contributed by atoms with Gasteiger partial charge >= 0.3 is 12.1 Å². The third-order valence-corrected chi connectivity index (χ3v) is 6.88. The lowest BCUT2D eigenvalue weighted by atomic mass is 10.0. The smallest absolute Gasteiger partial charge is 0.416 e. The Kier molecular flexibility index (Phi) is 7.77. The highest BCUT2D eigenvalue weighted by atomic mass is 32.2. The quantitative estimate of drug-likeness (QED) is 0.427. The first-order valence-corrected chi connectivity index (χ1v) is 11.4. The van der Waals surface area contributed by atoms with Crippen molar-refractivity contribution < 1.29 is 36.2 Å². The molecule has 0 fully saturated rings. The lowest BCUT2D eigenvalue weighted by Crippen LogP contribution is -2.39. The Bertz CT molecular complexity index is 987. The van der Waals surface area contributed by atoms with Crippen molar-refractivity contribution in [2.75, 3.05) is 12.3 Å². The van der Waals surface area contributed by atoms with Gasteiger partial charge in [-0.1, -0.05) is 26.3 Å². The molecule has 11 heteroatoms. The molecule has 2 rings (SSSR count). The summed E-state index contributed by atoms with van der Waals surface area (Å²) in [4.78, 5) is 11.6. The van der Waals surface area contributed by atoms with Crippen LogP contribution in [0.15, 0.2) is 47.4 Å². The number of carboxylic acids is 1. The van der Waals surface area contributed by atoms with Gasteiger partial charge in [0.15, 0.2) is 9.84 Å². The van der Waals surface area contributed by atoms with E-state index in [1.807, 2.05) is 6.92 Å². The second-order valence-electron chi connectivity index (χ2n) is 7.04. The summed E-state index contributed by atoms with van der Waals surface area (Å²) in [5, 5.41) is 9.24. The Morgan fingerprint density at radius 3 is 2.55 bits per heavy atom. The highest BCUT2D eigenvalue weighted by molar-refractivity contribution is 7.92. The lowest BCUT2D eigenvalue weighted by Gasteiger charge is -2.31. The number of sulfone groups is 1. The van der Waals surface area contributed by atoms with Crippen LogP contribution in [0.4, 0.5) is 13.2 Å². The number of hydrogen-bond donors (Lipinski definition) is 2. The van der Waals surface area contributed by atoms with E-state index in [0.29, 0.717) is 6.42 Å². The molecule has 31 heavy (non-hydrogen) atoms. The van der Waals surface area contributed by atoms with Gasteiger partial charge < -0.3 is 14.9 Å². The van der Waals surface area contributed by atoms with Gasteiger partial charge in [0.2, 0.25) is 0 Å². The summed E-state index contributed by atoms with van der Waals surface area (Å²) in [5.41, 5.74) is -1.13. The minimum absolute atomic E-state index is 0.0107. The van der Waals surface area contributed by atoms with Crippen molar-refractivity contribution >= 4 is 15.8 Å². The Balaban J connectivity index is 2.65. The number of hydrogen-bond acceptors (Lipinski definition) is 6. The van der Waals surface area contributed by atoms with Gasteiger partial charge in [0.1, 0.15) is 16.8 Å². The van der Waals surface area contributed by atoms with Gasteiger partial charge in [-0.3, -0.25) is 0 Å². The molecule has 0 aliphatic heterocycles. The Labute approximate surface area is 178 Å². The fourth-order valence-electron chi connectivity index (χ4n) is 3.05. The maximum Gasteiger partial charge on any atom is 0.416 e. The fraction of sp³-hybridized carbons (Fsp3) is 0.450. The topological polar surface area (TPSA) is 110 Å². The van der Waals surface area contributed by atoms with E-state index in [-0.39, 0.29) is 41.5 Å². The predicted molar refractivity (Wildman–Crippen MR) is 108 cm³/mol. The van der Waals surface area contributed by atoms with Crippen molar-refractivity contribution in [1.82, 2.24) is 5.01 Å². The Hall–Kier alpha value is -2.53. The molecule has 0 radical (unpaired) electrons. The van der Waals surface area contributed by atoms with Crippen LogP contribution in [-0.4, -0.2) is 42.1 Å². The van der Waals surface area contributed by atoms with Gasteiger partial charge in [-0.05, 0) is 30.7 Å². The molecule has 0 saturated heterocycles. The predicted octanol–water partition coefficient (Wildman–Crippen LogP) is 3.49. The molecule has 7 nitrogen and oxygen atoms in total. The van der Waals surface area contributed by atoms with Gasteiger partial charge in [0.25, 0.3) is 0 Å². The highest BCUT2D eigenvalue weighted by Crippen LogP contribution is 2.35. The average Bonchev–Trinajstić information content (AvgIpc) is 2.71. The summed E-state index contributed by atoms with van der Waals surface area (Å²) in [5.74, 6) is 4.03. The molecular weight excluding hydrogens is 437 g/mol. The molecule has 0 heterocycles.